The lowest BCUT2D eigenvalue weighted by molar-refractivity contribution is -0.133. The Morgan fingerprint density at radius 1 is 1.48 bits per heavy atom. The fraction of sp³-hybridized carbons (Fsp3) is 0.375. The first-order chi connectivity index (χ1) is 11.1. The minimum absolute atomic E-state index is 0.0410. The van der Waals surface area contributed by atoms with Gasteiger partial charge in [-0.2, -0.15) is 0 Å². The van der Waals surface area contributed by atoms with Crippen LogP contribution in [0.2, 0.25) is 5.02 Å². The van der Waals surface area contributed by atoms with Crippen LogP contribution in [-0.4, -0.2) is 23.8 Å². The molecule has 1 aromatic rings. The number of hydrogen-bond donors (Lipinski definition) is 0. The number of benzene rings is 1. The molecule has 0 aromatic heterocycles. The second-order valence-corrected chi connectivity index (χ2v) is 6.05. The lowest BCUT2D eigenvalue weighted by atomic mass is 10.1. The number of hydrogen-bond acceptors (Lipinski definition) is 3. The van der Waals surface area contributed by atoms with Crippen LogP contribution in [0.5, 0.6) is 0 Å². The molecule has 1 aromatic carbocycles. The van der Waals surface area contributed by atoms with Crippen molar-refractivity contribution in [1.82, 2.24) is 5.06 Å². The average molecular weight is 335 g/mol. The highest BCUT2D eigenvalue weighted by atomic mass is 35.5. The third-order valence-electron chi connectivity index (χ3n) is 3.96. The Morgan fingerprint density at radius 3 is 3.04 bits per heavy atom. The normalized spacial score (nSPS) is 26.3. The molecule has 3 unspecified atom stereocenters. The van der Waals surface area contributed by atoms with E-state index < -0.39 is 0 Å². The molecule has 2 aliphatic rings. The largest absolute Gasteiger partial charge is 0.266 e. The molecule has 3 rings (SSSR count). The molecule has 1 aliphatic carbocycles. The Bertz CT molecular complexity index is 694. The first-order valence-corrected chi connectivity index (χ1v) is 7.79. The van der Waals surface area contributed by atoms with Gasteiger partial charge in [-0.25, -0.2) is 9.45 Å². The molecular weight excluding hydrogens is 319 g/mol. The van der Waals surface area contributed by atoms with E-state index in [0.717, 1.165) is 6.42 Å². The van der Waals surface area contributed by atoms with Crippen LogP contribution in [0.25, 0.3) is 16.1 Å². The van der Waals surface area contributed by atoms with Crippen molar-refractivity contribution in [3.05, 3.63) is 63.3 Å². The zero-order valence-electron chi connectivity index (χ0n) is 12.6. The van der Waals surface area contributed by atoms with Gasteiger partial charge in [-0.05, 0) is 43.0 Å². The Balaban J connectivity index is 1.85. The molecular formula is C16H16ClFN4O. The van der Waals surface area contributed by atoms with Gasteiger partial charge < -0.3 is 0 Å². The quantitative estimate of drug-likeness (QED) is 0.346. The van der Waals surface area contributed by atoms with E-state index in [9.17, 15) is 4.39 Å². The Kier molecular flexibility index (Phi) is 4.57. The molecule has 0 bridgehead atoms. The van der Waals surface area contributed by atoms with Crippen molar-refractivity contribution in [2.24, 2.45) is 11.0 Å². The van der Waals surface area contributed by atoms with Crippen molar-refractivity contribution in [2.75, 3.05) is 6.54 Å². The smallest absolute Gasteiger partial charge is 0.134 e. The number of rotatable bonds is 4. The van der Waals surface area contributed by atoms with E-state index in [4.69, 9.17) is 22.0 Å². The van der Waals surface area contributed by atoms with Gasteiger partial charge in [0.1, 0.15) is 11.9 Å². The summed E-state index contributed by atoms with van der Waals surface area (Å²) in [5, 5.41) is 5.67. The Hall–Kier alpha value is -2.01. The third-order valence-corrected chi connectivity index (χ3v) is 4.27. The standard InChI is InChI=1S/C16H16ClFN4O/c1-10-7-15(16-13(17)3-2-4-14(16)18)22(23-10)12-6-5-11(8-12)9-20-21-19/h2-7,10-12H,8-9H2,1H3. The van der Waals surface area contributed by atoms with Crippen LogP contribution >= 0.6 is 11.6 Å². The third kappa shape index (κ3) is 3.20. The lowest BCUT2D eigenvalue weighted by Crippen LogP contribution is -2.30. The zero-order valence-corrected chi connectivity index (χ0v) is 13.3. The van der Waals surface area contributed by atoms with Crippen LogP contribution < -0.4 is 0 Å². The van der Waals surface area contributed by atoms with Crippen molar-refractivity contribution in [3.8, 4) is 0 Å². The zero-order chi connectivity index (χ0) is 16.4. The fourth-order valence-electron chi connectivity index (χ4n) is 2.96. The lowest BCUT2D eigenvalue weighted by Gasteiger charge is -2.28. The van der Waals surface area contributed by atoms with E-state index in [2.05, 4.69) is 10.0 Å². The number of nitrogens with zero attached hydrogens (tertiary/aromatic N) is 4. The summed E-state index contributed by atoms with van der Waals surface area (Å²) in [6, 6.07) is 4.59. The summed E-state index contributed by atoms with van der Waals surface area (Å²) < 4.78 is 14.3. The Labute approximate surface area is 138 Å². The van der Waals surface area contributed by atoms with Gasteiger partial charge in [0.25, 0.3) is 0 Å². The molecule has 0 radical (unpaired) electrons. The first-order valence-electron chi connectivity index (χ1n) is 7.41. The molecule has 120 valence electrons. The highest BCUT2D eigenvalue weighted by Crippen LogP contribution is 2.38. The van der Waals surface area contributed by atoms with Crippen molar-refractivity contribution < 1.29 is 9.23 Å². The van der Waals surface area contributed by atoms with Crippen molar-refractivity contribution in [2.45, 2.75) is 25.5 Å². The van der Waals surface area contributed by atoms with Gasteiger partial charge in [-0.3, -0.25) is 4.84 Å². The molecule has 1 aliphatic heterocycles. The van der Waals surface area contributed by atoms with Crippen LogP contribution in [0.3, 0.4) is 0 Å². The Morgan fingerprint density at radius 2 is 2.30 bits per heavy atom. The predicted octanol–water partition coefficient (Wildman–Crippen LogP) is 4.71. The maximum Gasteiger partial charge on any atom is 0.134 e. The maximum absolute atomic E-state index is 14.3. The number of hydroxylamine groups is 2. The van der Waals surface area contributed by atoms with Gasteiger partial charge in [0.05, 0.1) is 22.3 Å². The van der Waals surface area contributed by atoms with Crippen LogP contribution in [0, 0.1) is 11.7 Å². The SMILES string of the molecule is CC1C=C(c2c(F)cccc2Cl)N(C2C=CC(CN=[N+]=[N-])C2)O1. The average Bonchev–Trinajstić information content (AvgIpc) is 3.11. The molecule has 0 saturated carbocycles. The molecule has 0 fully saturated rings. The van der Waals surface area contributed by atoms with Crippen LogP contribution in [0.4, 0.5) is 4.39 Å². The van der Waals surface area contributed by atoms with Gasteiger partial charge in [0, 0.05) is 11.5 Å². The van der Waals surface area contributed by atoms with Crippen LogP contribution in [0.15, 0.2) is 41.5 Å². The molecule has 3 atom stereocenters. The minimum atomic E-state index is -0.376. The molecule has 0 amide bonds. The summed E-state index contributed by atoms with van der Waals surface area (Å²) in [6.45, 7) is 2.30. The van der Waals surface area contributed by atoms with E-state index in [1.807, 2.05) is 25.2 Å². The van der Waals surface area contributed by atoms with Crippen LogP contribution in [0.1, 0.15) is 18.9 Å². The molecule has 5 nitrogen and oxygen atoms in total. The summed E-state index contributed by atoms with van der Waals surface area (Å²) in [7, 11) is 0. The highest BCUT2D eigenvalue weighted by molar-refractivity contribution is 6.32. The van der Waals surface area contributed by atoms with Crippen LogP contribution in [-0.2, 0) is 4.84 Å². The van der Waals surface area contributed by atoms with E-state index in [0.29, 0.717) is 22.8 Å². The molecule has 0 N–H and O–H groups in total. The minimum Gasteiger partial charge on any atom is -0.266 e. The number of azide groups is 1. The van der Waals surface area contributed by atoms with E-state index in [-0.39, 0.29) is 23.9 Å². The summed E-state index contributed by atoms with van der Waals surface area (Å²) in [6.07, 6.45) is 6.45. The number of halogens is 2. The topological polar surface area (TPSA) is 61.2 Å². The van der Waals surface area contributed by atoms with Gasteiger partial charge in [-0.1, -0.05) is 34.9 Å². The summed E-state index contributed by atoms with van der Waals surface area (Å²) in [5.41, 5.74) is 9.42. The fourth-order valence-corrected chi connectivity index (χ4v) is 3.22. The maximum atomic E-state index is 14.3. The second-order valence-electron chi connectivity index (χ2n) is 5.65. The van der Waals surface area contributed by atoms with E-state index >= 15 is 0 Å². The summed E-state index contributed by atoms with van der Waals surface area (Å²) >= 11 is 6.19. The molecule has 7 heteroatoms. The van der Waals surface area contributed by atoms with E-state index in [1.54, 1.807) is 17.2 Å². The summed E-state index contributed by atoms with van der Waals surface area (Å²) in [4.78, 5) is 8.62. The van der Waals surface area contributed by atoms with E-state index in [1.165, 1.54) is 6.07 Å². The molecule has 23 heavy (non-hydrogen) atoms. The molecule has 0 saturated heterocycles. The molecule has 1 heterocycles. The van der Waals surface area contributed by atoms with Gasteiger partial charge >= 0.3 is 0 Å². The second kappa shape index (κ2) is 6.62. The summed E-state index contributed by atoms with van der Waals surface area (Å²) in [5.74, 6) is -0.216. The van der Waals surface area contributed by atoms with Gasteiger partial charge in [0.2, 0.25) is 0 Å². The highest BCUT2D eigenvalue weighted by Gasteiger charge is 2.33. The van der Waals surface area contributed by atoms with Gasteiger partial charge in [-0.15, -0.1) is 0 Å². The van der Waals surface area contributed by atoms with Gasteiger partial charge in [0.15, 0.2) is 0 Å². The predicted molar refractivity (Wildman–Crippen MR) is 86.8 cm³/mol. The first kappa shape index (κ1) is 15.9. The van der Waals surface area contributed by atoms with Crippen molar-refractivity contribution in [3.63, 3.8) is 0 Å². The van der Waals surface area contributed by atoms with Crippen molar-refractivity contribution in [1.29, 1.82) is 0 Å². The molecule has 0 spiro atoms. The monoisotopic (exact) mass is 334 g/mol. The van der Waals surface area contributed by atoms with Crippen molar-refractivity contribution >= 4 is 17.3 Å².